The van der Waals surface area contributed by atoms with Gasteiger partial charge < -0.3 is 15.0 Å². The van der Waals surface area contributed by atoms with Gasteiger partial charge >= 0.3 is 5.97 Å². The van der Waals surface area contributed by atoms with E-state index >= 15 is 0 Å². The summed E-state index contributed by atoms with van der Waals surface area (Å²) in [5.41, 5.74) is 0. The molecule has 2 aliphatic rings. The third kappa shape index (κ3) is 3.23. The molecule has 2 fully saturated rings. The molecular weight excluding hydrogens is 250 g/mol. The number of nitrogens with one attached hydrogen (secondary N) is 1. The number of amides is 2. The minimum absolute atomic E-state index is 0.0169. The van der Waals surface area contributed by atoms with Crippen molar-refractivity contribution >= 4 is 17.8 Å². The maximum Gasteiger partial charge on any atom is 0.306 e. The molecule has 2 rings (SSSR count). The second-order valence-corrected chi connectivity index (χ2v) is 4.76. The zero-order valence-corrected chi connectivity index (χ0v) is 11.1. The lowest BCUT2D eigenvalue weighted by Gasteiger charge is -2.43. The van der Waals surface area contributed by atoms with Gasteiger partial charge in [0.05, 0.1) is 13.5 Å². The van der Waals surface area contributed by atoms with Crippen LogP contribution in [0.1, 0.15) is 12.8 Å². The normalized spacial score (nSPS) is 23.5. The molecule has 0 spiro atoms. The van der Waals surface area contributed by atoms with Crippen molar-refractivity contribution in [1.29, 1.82) is 0 Å². The topological polar surface area (TPSA) is 79.0 Å². The molecule has 0 aliphatic carbocycles. The molecule has 19 heavy (non-hydrogen) atoms. The van der Waals surface area contributed by atoms with E-state index in [0.29, 0.717) is 26.2 Å². The van der Waals surface area contributed by atoms with Crippen molar-refractivity contribution in [3.8, 4) is 0 Å². The number of rotatable bonds is 3. The summed E-state index contributed by atoms with van der Waals surface area (Å²) < 4.78 is 4.51. The van der Waals surface area contributed by atoms with Crippen molar-refractivity contribution in [2.24, 2.45) is 0 Å². The number of nitrogens with zero attached hydrogens (tertiary/aromatic N) is 2. The monoisotopic (exact) mass is 269 g/mol. The third-order valence-corrected chi connectivity index (χ3v) is 3.62. The van der Waals surface area contributed by atoms with Crippen molar-refractivity contribution in [3.63, 3.8) is 0 Å². The number of methoxy groups -OCH3 is 1. The summed E-state index contributed by atoms with van der Waals surface area (Å²) in [5, 5.41) is 2.81. The number of piperazine rings is 2. The fraction of sp³-hybridized carbons (Fsp3) is 0.750. The van der Waals surface area contributed by atoms with Crippen LogP contribution in [0.2, 0.25) is 0 Å². The maximum absolute atomic E-state index is 12.0. The van der Waals surface area contributed by atoms with E-state index in [-0.39, 0.29) is 36.7 Å². The van der Waals surface area contributed by atoms with Crippen LogP contribution in [-0.4, -0.2) is 73.5 Å². The van der Waals surface area contributed by atoms with Gasteiger partial charge in [-0.3, -0.25) is 19.3 Å². The number of hydrogen-bond donors (Lipinski definition) is 1. The Kier molecular flexibility index (Phi) is 4.36. The maximum atomic E-state index is 12.0. The summed E-state index contributed by atoms with van der Waals surface area (Å²) in [6.07, 6.45) is 0.230. The average molecular weight is 269 g/mol. The Balaban J connectivity index is 1.86. The fourth-order valence-corrected chi connectivity index (χ4v) is 2.47. The molecule has 7 heteroatoms. The molecule has 0 aromatic carbocycles. The molecule has 2 amide bonds. The van der Waals surface area contributed by atoms with Crippen LogP contribution in [0, 0.1) is 0 Å². The van der Waals surface area contributed by atoms with Gasteiger partial charge in [0.2, 0.25) is 11.8 Å². The Morgan fingerprint density at radius 3 is 2.84 bits per heavy atom. The summed E-state index contributed by atoms with van der Waals surface area (Å²) in [6, 6.07) is -0.246. The van der Waals surface area contributed by atoms with Gasteiger partial charge in [-0.1, -0.05) is 0 Å². The van der Waals surface area contributed by atoms with E-state index in [9.17, 15) is 14.4 Å². The predicted molar refractivity (Wildman–Crippen MR) is 66.2 cm³/mol. The molecule has 1 atom stereocenters. The van der Waals surface area contributed by atoms with E-state index in [0.717, 1.165) is 6.54 Å². The van der Waals surface area contributed by atoms with Gasteiger partial charge in [-0.25, -0.2) is 0 Å². The minimum Gasteiger partial charge on any atom is -0.469 e. The molecule has 1 unspecified atom stereocenters. The van der Waals surface area contributed by atoms with Crippen LogP contribution in [0.25, 0.3) is 0 Å². The molecule has 0 aromatic rings. The molecule has 0 bridgehead atoms. The number of fused-ring (bicyclic) bond motifs is 1. The largest absolute Gasteiger partial charge is 0.469 e. The Morgan fingerprint density at radius 1 is 1.32 bits per heavy atom. The van der Waals surface area contributed by atoms with E-state index in [1.54, 1.807) is 4.90 Å². The van der Waals surface area contributed by atoms with Crippen LogP contribution in [0.15, 0.2) is 0 Å². The lowest BCUT2D eigenvalue weighted by Crippen LogP contribution is -2.64. The highest BCUT2D eigenvalue weighted by atomic mass is 16.5. The van der Waals surface area contributed by atoms with E-state index in [4.69, 9.17) is 0 Å². The lowest BCUT2D eigenvalue weighted by molar-refractivity contribution is -0.146. The van der Waals surface area contributed by atoms with Crippen LogP contribution >= 0.6 is 0 Å². The van der Waals surface area contributed by atoms with Crippen LogP contribution < -0.4 is 5.32 Å². The second kappa shape index (κ2) is 6.01. The second-order valence-electron chi connectivity index (χ2n) is 4.76. The van der Waals surface area contributed by atoms with Crippen molar-refractivity contribution in [2.45, 2.75) is 18.9 Å². The first-order valence-corrected chi connectivity index (χ1v) is 6.48. The number of carbonyl (C=O) groups is 3. The Morgan fingerprint density at radius 2 is 2.11 bits per heavy atom. The molecule has 106 valence electrons. The zero-order chi connectivity index (χ0) is 13.8. The van der Waals surface area contributed by atoms with Crippen LogP contribution in [0.3, 0.4) is 0 Å². The quantitative estimate of drug-likeness (QED) is 0.636. The molecule has 0 saturated carbocycles. The molecule has 2 saturated heterocycles. The molecular formula is C12H19N3O4. The molecule has 7 nitrogen and oxygen atoms in total. The smallest absolute Gasteiger partial charge is 0.306 e. The standard InChI is InChI=1S/C12H19N3O4/c1-19-11(17)3-2-10(16)15-7-6-14-5-4-13-12(18)9(14)8-15/h9H,2-8H2,1H3,(H,13,18). The zero-order valence-electron chi connectivity index (χ0n) is 11.1. The molecule has 0 radical (unpaired) electrons. The summed E-state index contributed by atoms with van der Waals surface area (Å²) in [6.45, 7) is 3.24. The number of carbonyl (C=O) groups excluding carboxylic acids is 3. The van der Waals surface area contributed by atoms with Gasteiger partial charge in [0, 0.05) is 39.1 Å². The first-order chi connectivity index (χ1) is 9.11. The van der Waals surface area contributed by atoms with Gasteiger partial charge in [0.15, 0.2) is 0 Å². The highest BCUT2D eigenvalue weighted by Crippen LogP contribution is 2.13. The van der Waals surface area contributed by atoms with E-state index in [1.807, 2.05) is 0 Å². The first-order valence-electron chi connectivity index (χ1n) is 6.48. The van der Waals surface area contributed by atoms with Gasteiger partial charge in [-0.2, -0.15) is 0 Å². The fourth-order valence-electron chi connectivity index (χ4n) is 2.47. The Bertz CT molecular complexity index is 385. The minimum atomic E-state index is -0.387. The highest BCUT2D eigenvalue weighted by molar-refractivity contribution is 5.85. The van der Waals surface area contributed by atoms with Crippen LogP contribution in [0.5, 0.6) is 0 Å². The SMILES string of the molecule is COC(=O)CCC(=O)N1CCN2CCNC(=O)C2C1. The molecule has 1 N–H and O–H groups in total. The van der Waals surface area contributed by atoms with Gasteiger partial charge in [-0.05, 0) is 0 Å². The van der Waals surface area contributed by atoms with Gasteiger partial charge in [0.1, 0.15) is 6.04 Å². The van der Waals surface area contributed by atoms with Crippen molar-refractivity contribution < 1.29 is 19.1 Å². The number of esters is 1. The summed E-state index contributed by atoms with van der Waals surface area (Å²) >= 11 is 0. The molecule has 2 heterocycles. The lowest BCUT2D eigenvalue weighted by atomic mass is 10.1. The first kappa shape index (κ1) is 13.8. The van der Waals surface area contributed by atoms with E-state index in [1.165, 1.54) is 7.11 Å². The number of ether oxygens (including phenoxy) is 1. The Labute approximate surface area is 111 Å². The van der Waals surface area contributed by atoms with Crippen LogP contribution in [-0.2, 0) is 19.1 Å². The highest BCUT2D eigenvalue weighted by Gasteiger charge is 2.36. The van der Waals surface area contributed by atoms with Gasteiger partial charge in [-0.15, -0.1) is 0 Å². The average Bonchev–Trinajstić information content (AvgIpc) is 2.44. The van der Waals surface area contributed by atoms with Crippen molar-refractivity contribution in [3.05, 3.63) is 0 Å². The van der Waals surface area contributed by atoms with Crippen LogP contribution in [0.4, 0.5) is 0 Å². The van der Waals surface area contributed by atoms with Crippen molar-refractivity contribution in [2.75, 3.05) is 39.8 Å². The summed E-state index contributed by atoms with van der Waals surface area (Å²) in [5.74, 6) is -0.498. The summed E-state index contributed by atoms with van der Waals surface area (Å²) in [4.78, 5) is 38.5. The Hall–Kier alpha value is -1.63. The molecule has 2 aliphatic heterocycles. The van der Waals surface area contributed by atoms with Crippen molar-refractivity contribution in [1.82, 2.24) is 15.1 Å². The molecule has 0 aromatic heterocycles. The van der Waals surface area contributed by atoms with E-state index < -0.39 is 0 Å². The predicted octanol–water partition coefficient (Wildman–Crippen LogP) is -1.42. The van der Waals surface area contributed by atoms with E-state index in [2.05, 4.69) is 15.0 Å². The number of hydrogen-bond acceptors (Lipinski definition) is 5. The van der Waals surface area contributed by atoms with Gasteiger partial charge in [0.25, 0.3) is 0 Å². The summed E-state index contributed by atoms with van der Waals surface area (Å²) in [7, 11) is 1.30. The third-order valence-electron chi connectivity index (χ3n) is 3.62.